The van der Waals surface area contributed by atoms with Crippen LogP contribution in [0.5, 0.6) is 0 Å². The largest absolute Gasteiger partial charge is 0.207 e. The molecule has 0 unspecified atom stereocenters. The zero-order valence-electron chi connectivity index (χ0n) is 11.9. The minimum absolute atomic E-state index is 0.115. The predicted molar refractivity (Wildman–Crippen MR) is 95.0 cm³/mol. The summed E-state index contributed by atoms with van der Waals surface area (Å²) in [6.45, 7) is 0. The minimum Gasteiger partial charge on any atom is -0.207 e. The highest BCUT2D eigenvalue weighted by Crippen LogP contribution is 2.35. The lowest BCUT2D eigenvalue weighted by atomic mass is 9.79. The summed E-state index contributed by atoms with van der Waals surface area (Å²) < 4.78 is 14.2. The van der Waals surface area contributed by atoms with Crippen LogP contribution in [0, 0.1) is 5.82 Å². The summed E-state index contributed by atoms with van der Waals surface area (Å²) in [5.41, 5.74) is 1.94. The van der Waals surface area contributed by atoms with Crippen molar-refractivity contribution in [2.24, 2.45) is 0 Å². The Morgan fingerprint density at radius 3 is 2.10 bits per heavy atom. The van der Waals surface area contributed by atoms with Gasteiger partial charge < -0.3 is 0 Å². The summed E-state index contributed by atoms with van der Waals surface area (Å²) in [6, 6.07) is 17.6. The molecule has 0 aliphatic carbocycles. The molecular weight excluding hydrogens is 395 g/mol. The van der Waals surface area contributed by atoms with Gasteiger partial charge in [-0.25, -0.2) is 4.39 Å². The summed E-state index contributed by atoms with van der Waals surface area (Å²) in [5, 5.41) is 1.50. The number of hydrogen-bond donors (Lipinski definition) is 0. The van der Waals surface area contributed by atoms with E-state index in [2.05, 4.69) is 56.1 Å². The fraction of sp³-hybridized carbons (Fsp3) is 0.333. The van der Waals surface area contributed by atoms with Crippen LogP contribution in [0.2, 0.25) is 0 Å². The van der Waals surface area contributed by atoms with Crippen molar-refractivity contribution in [2.75, 3.05) is 10.7 Å². The molecule has 3 heteroatoms. The fourth-order valence-electron chi connectivity index (χ4n) is 2.61. The van der Waals surface area contributed by atoms with Crippen LogP contribution in [0.1, 0.15) is 24.0 Å². The van der Waals surface area contributed by atoms with Gasteiger partial charge in [0.2, 0.25) is 0 Å². The summed E-state index contributed by atoms with van der Waals surface area (Å²) in [7, 11) is 0. The normalized spacial score (nSPS) is 11.6. The second-order valence-electron chi connectivity index (χ2n) is 5.37. The fourth-order valence-corrected chi connectivity index (χ4v) is 4.71. The van der Waals surface area contributed by atoms with E-state index in [0.29, 0.717) is 0 Å². The van der Waals surface area contributed by atoms with Gasteiger partial charge in [-0.05, 0) is 36.5 Å². The Morgan fingerprint density at radius 1 is 0.857 bits per heavy atom. The highest BCUT2D eigenvalue weighted by atomic mass is 79.9. The molecule has 0 aliphatic rings. The number of alkyl halides is 2. The van der Waals surface area contributed by atoms with Crippen LogP contribution in [0.4, 0.5) is 4.39 Å². The van der Waals surface area contributed by atoms with Crippen LogP contribution >= 0.6 is 31.9 Å². The highest BCUT2D eigenvalue weighted by Gasteiger charge is 2.32. The lowest BCUT2D eigenvalue weighted by molar-refractivity contribution is 0.455. The van der Waals surface area contributed by atoms with E-state index in [9.17, 15) is 4.39 Å². The first-order valence-corrected chi connectivity index (χ1v) is 9.37. The first-order valence-electron chi connectivity index (χ1n) is 7.13. The van der Waals surface area contributed by atoms with Crippen LogP contribution in [0.3, 0.4) is 0 Å². The maximum atomic E-state index is 14.2. The molecule has 0 spiro atoms. The third-order valence-corrected chi connectivity index (χ3v) is 6.07. The van der Waals surface area contributed by atoms with Gasteiger partial charge in [0.15, 0.2) is 0 Å². The number of benzene rings is 2. The predicted octanol–water partition coefficient (Wildman–Crippen LogP) is 5.88. The summed E-state index contributed by atoms with van der Waals surface area (Å²) in [5.74, 6) is -0.115. The van der Waals surface area contributed by atoms with Gasteiger partial charge in [-0.15, -0.1) is 0 Å². The van der Waals surface area contributed by atoms with Crippen molar-refractivity contribution in [1.29, 1.82) is 0 Å². The van der Waals surface area contributed by atoms with Gasteiger partial charge in [0, 0.05) is 16.1 Å². The van der Waals surface area contributed by atoms with Gasteiger partial charge >= 0.3 is 0 Å². The molecule has 0 radical (unpaired) electrons. The summed E-state index contributed by atoms with van der Waals surface area (Å²) in [4.78, 5) is 0. The molecule has 0 aromatic heterocycles. The molecule has 2 rings (SSSR count). The van der Waals surface area contributed by atoms with Gasteiger partial charge in [0.1, 0.15) is 5.82 Å². The maximum Gasteiger partial charge on any atom is 0.127 e. The molecule has 0 saturated heterocycles. The first kappa shape index (κ1) is 16.7. The van der Waals surface area contributed by atoms with Crippen LogP contribution in [-0.4, -0.2) is 10.7 Å². The first-order chi connectivity index (χ1) is 10.2. The van der Waals surface area contributed by atoms with Gasteiger partial charge in [-0.2, -0.15) is 0 Å². The number of rotatable bonds is 7. The molecule has 0 amide bonds. The monoisotopic (exact) mass is 412 g/mol. The van der Waals surface area contributed by atoms with E-state index in [4.69, 9.17) is 0 Å². The smallest absolute Gasteiger partial charge is 0.127 e. The van der Waals surface area contributed by atoms with E-state index >= 15 is 0 Å². The third kappa shape index (κ3) is 4.17. The van der Waals surface area contributed by atoms with E-state index in [0.717, 1.165) is 35.5 Å². The Labute approximate surface area is 143 Å². The average Bonchev–Trinajstić information content (AvgIpc) is 2.54. The van der Waals surface area contributed by atoms with Crippen molar-refractivity contribution >= 4 is 31.9 Å². The highest BCUT2D eigenvalue weighted by molar-refractivity contribution is 9.09. The Morgan fingerprint density at radius 2 is 1.48 bits per heavy atom. The Balaban J connectivity index is 2.10. The topological polar surface area (TPSA) is 0 Å². The third-order valence-electron chi connectivity index (χ3n) is 3.92. The minimum atomic E-state index is -0.194. The van der Waals surface area contributed by atoms with Gasteiger partial charge in [-0.3, -0.25) is 0 Å². The van der Waals surface area contributed by atoms with Crippen LogP contribution < -0.4 is 0 Å². The summed E-state index contributed by atoms with van der Waals surface area (Å²) >= 11 is 7.19. The molecule has 0 aliphatic heterocycles. The van der Waals surface area contributed by atoms with Crippen LogP contribution in [0.25, 0.3) is 0 Å². The quantitative estimate of drug-likeness (QED) is 0.497. The van der Waals surface area contributed by atoms with Gasteiger partial charge in [-0.1, -0.05) is 80.4 Å². The van der Waals surface area contributed by atoms with Crippen molar-refractivity contribution in [3.8, 4) is 0 Å². The number of hydrogen-bond acceptors (Lipinski definition) is 0. The SMILES string of the molecule is Fc1ccccc1C(CBr)(CBr)CCCc1ccccc1. The maximum absolute atomic E-state index is 14.2. The molecule has 0 fully saturated rings. The van der Waals surface area contributed by atoms with Crippen LogP contribution in [0.15, 0.2) is 54.6 Å². The van der Waals surface area contributed by atoms with E-state index < -0.39 is 0 Å². The molecule has 2 aromatic carbocycles. The molecule has 0 N–H and O–H groups in total. The lowest BCUT2D eigenvalue weighted by Gasteiger charge is -2.31. The Hall–Kier alpha value is -0.670. The average molecular weight is 414 g/mol. The Kier molecular flexibility index (Phi) is 6.43. The van der Waals surface area contributed by atoms with Crippen molar-refractivity contribution in [2.45, 2.75) is 24.7 Å². The second-order valence-corrected chi connectivity index (χ2v) is 6.49. The van der Waals surface area contributed by atoms with Crippen molar-refractivity contribution in [3.05, 3.63) is 71.5 Å². The standard InChI is InChI=1S/C18H19Br2F/c19-13-18(14-20,16-10-4-5-11-17(16)21)12-6-9-15-7-2-1-3-8-15/h1-5,7-8,10-11H,6,9,12-14H2. The molecular formula is C18H19Br2F. The molecule has 0 heterocycles. The van der Waals surface area contributed by atoms with E-state index in [1.165, 1.54) is 5.56 Å². The van der Waals surface area contributed by atoms with Crippen LogP contribution in [-0.2, 0) is 11.8 Å². The molecule has 112 valence electrons. The van der Waals surface area contributed by atoms with Crippen molar-refractivity contribution in [3.63, 3.8) is 0 Å². The molecule has 0 bridgehead atoms. The van der Waals surface area contributed by atoms with E-state index in [1.54, 1.807) is 12.1 Å². The van der Waals surface area contributed by atoms with Gasteiger partial charge in [0.25, 0.3) is 0 Å². The van der Waals surface area contributed by atoms with E-state index in [-0.39, 0.29) is 11.2 Å². The molecule has 2 aromatic rings. The van der Waals surface area contributed by atoms with E-state index in [1.807, 2.05) is 18.2 Å². The zero-order valence-corrected chi connectivity index (χ0v) is 15.0. The molecule has 0 nitrogen and oxygen atoms in total. The van der Waals surface area contributed by atoms with Crippen molar-refractivity contribution < 1.29 is 4.39 Å². The van der Waals surface area contributed by atoms with Crippen molar-refractivity contribution in [1.82, 2.24) is 0 Å². The number of aryl methyl sites for hydroxylation is 1. The number of halogens is 3. The molecule has 0 atom stereocenters. The zero-order chi connectivity index (χ0) is 15.1. The lowest BCUT2D eigenvalue weighted by Crippen LogP contribution is -2.31. The second kappa shape index (κ2) is 8.09. The Bertz CT molecular complexity index is 550. The van der Waals surface area contributed by atoms with Gasteiger partial charge in [0.05, 0.1) is 0 Å². The molecule has 21 heavy (non-hydrogen) atoms. The molecule has 0 saturated carbocycles. The summed E-state index contributed by atoms with van der Waals surface area (Å²) in [6.07, 6.45) is 3.01.